The van der Waals surface area contributed by atoms with Gasteiger partial charge in [0, 0.05) is 0 Å². The second-order valence-corrected chi connectivity index (χ2v) is 10.6. The average Bonchev–Trinajstić information content (AvgIpc) is 2.45. The van der Waals surface area contributed by atoms with Gasteiger partial charge >= 0.3 is 5.51 Å². The highest BCUT2D eigenvalue weighted by Gasteiger charge is 2.38. The molecular formula is C21H27F3S. The topological polar surface area (TPSA) is 0 Å². The van der Waals surface area contributed by atoms with Gasteiger partial charge in [0.15, 0.2) is 0 Å². The van der Waals surface area contributed by atoms with Crippen LogP contribution in [0, 0.1) is 0 Å². The summed E-state index contributed by atoms with van der Waals surface area (Å²) < 4.78 is 41.4. The highest BCUT2D eigenvalue weighted by Crippen LogP contribution is 2.57. The van der Waals surface area contributed by atoms with Crippen molar-refractivity contribution in [2.24, 2.45) is 0 Å². The second kappa shape index (κ2) is 6.71. The van der Waals surface area contributed by atoms with E-state index in [1.54, 1.807) is 24.3 Å². The standard InChI is InChI=1S/C21H27F3S/c1-19(2,3)15-7-11-17(12-8-15)25(21(22,23)24)18-13-9-16(10-14-18)20(4,5)6/h7-14,25H,1-6H3. The first-order chi connectivity index (χ1) is 11.3. The van der Waals surface area contributed by atoms with Crippen LogP contribution in [0.15, 0.2) is 58.3 Å². The molecule has 0 saturated heterocycles. The molecule has 0 spiro atoms. The molecule has 2 rings (SSSR count). The number of hydrogen-bond donors (Lipinski definition) is 1. The molecule has 0 fully saturated rings. The van der Waals surface area contributed by atoms with Crippen molar-refractivity contribution in [3.05, 3.63) is 59.7 Å². The molecule has 0 heterocycles. The minimum absolute atomic E-state index is 0.0755. The van der Waals surface area contributed by atoms with E-state index in [9.17, 15) is 13.2 Å². The van der Waals surface area contributed by atoms with Gasteiger partial charge in [-0.1, -0.05) is 65.8 Å². The lowest BCUT2D eigenvalue weighted by atomic mass is 9.87. The van der Waals surface area contributed by atoms with Crippen molar-refractivity contribution >= 4 is 10.9 Å². The molecule has 0 bridgehead atoms. The Morgan fingerprint density at radius 2 is 0.840 bits per heavy atom. The van der Waals surface area contributed by atoms with Crippen LogP contribution in [0.2, 0.25) is 0 Å². The summed E-state index contributed by atoms with van der Waals surface area (Å²) >= 11 is 0. The first kappa shape index (κ1) is 19.9. The number of alkyl halides is 3. The first-order valence-corrected chi connectivity index (χ1v) is 9.72. The van der Waals surface area contributed by atoms with Gasteiger partial charge in [-0.05, 0) is 56.0 Å². The number of hydrogen-bond acceptors (Lipinski definition) is 0. The van der Waals surface area contributed by atoms with Gasteiger partial charge in [0.25, 0.3) is 0 Å². The molecule has 0 amide bonds. The quantitative estimate of drug-likeness (QED) is 0.531. The van der Waals surface area contributed by atoms with Gasteiger partial charge in [-0.2, -0.15) is 13.2 Å². The molecular weight excluding hydrogens is 341 g/mol. The van der Waals surface area contributed by atoms with Crippen molar-refractivity contribution in [1.82, 2.24) is 0 Å². The third-order valence-electron chi connectivity index (χ3n) is 4.24. The molecule has 0 aliphatic heterocycles. The second-order valence-electron chi connectivity index (χ2n) is 8.40. The Morgan fingerprint density at radius 1 is 0.560 bits per heavy atom. The first-order valence-electron chi connectivity index (χ1n) is 8.38. The number of benzene rings is 2. The predicted molar refractivity (Wildman–Crippen MR) is 102 cm³/mol. The molecule has 0 saturated carbocycles. The predicted octanol–water partition coefficient (Wildman–Crippen LogP) is 7.22. The molecule has 2 aromatic rings. The minimum Gasteiger partial charge on any atom is -0.161 e. The lowest BCUT2D eigenvalue weighted by Crippen LogP contribution is -2.13. The molecule has 0 atom stereocenters. The highest BCUT2D eigenvalue weighted by atomic mass is 32.2. The van der Waals surface area contributed by atoms with Crippen molar-refractivity contribution in [3.63, 3.8) is 0 Å². The van der Waals surface area contributed by atoms with E-state index in [1.165, 1.54) is 0 Å². The fourth-order valence-electron chi connectivity index (χ4n) is 2.66. The molecule has 0 nitrogen and oxygen atoms in total. The van der Waals surface area contributed by atoms with E-state index in [4.69, 9.17) is 0 Å². The van der Waals surface area contributed by atoms with Crippen molar-refractivity contribution < 1.29 is 13.2 Å². The Morgan fingerprint density at radius 3 is 1.04 bits per heavy atom. The highest BCUT2D eigenvalue weighted by molar-refractivity contribution is 8.17. The van der Waals surface area contributed by atoms with Gasteiger partial charge in [0.1, 0.15) is 0 Å². The smallest absolute Gasteiger partial charge is 0.161 e. The Bertz CT molecular complexity index is 642. The number of halogens is 3. The van der Waals surface area contributed by atoms with Crippen LogP contribution in [0.4, 0.5) is 13.2 Å². The van der Waals surface area contributed by atoms with Crippen molar-refractivity contribution in [2.45, 2.75) is 67.7 Å². The number of rotatable bonds is 2. The molecule has 0 radical (unpaired) electrons. The summed E-state index contributed by atoms with van der Waals surface area (Å²) in [6.07, 6.45) is 0. The van der Waals surface area contributed by atoms with Gasteiger partial charge in [-0.3, -0.25) is 0 Å². The van der Waals surface area contributed by atoms with E-state index in [2.05, 4.69) is 41.5 Å². The Labute approximate surface area is 151 Å². The van der Waals surface area contributed by atoms with E-state index < -0.39 is 16.4 Å². The van der Waals surface area contributed by atoms with E-state index in [0.29, 0.717) is 9.79 Å². The zero-order chi connectivity index (χ0) is 19.0. The molecule has 138 valence electrons. The fraction of sp³-hybridized carbons (Fsp3) is 0.429. The minimum atomic E-state index is -4.26. The van der Waals surface area contributed by atoms with Gasteiger partial charge in [-0.25, -0.2) is 0 Å². The van der Waals surface area contributed by atoms with Gasteiger partial charge in [0.05, 0.1) is 0 Å². The van der Waals surface area contributed by atoms with Crippen LogP contribution in [0.25, 0.3) is 0 Å². The normalized spacial score (nSPS) is 13.7. The van der Waals surface area contributed by atoms with E-state index in [0.717, 1.165) is 11.1 Å². The summed E-state index contributed by atoms with van der Waals surface area (Å²) in [5.74, 6) is 0. The van der Waals surface area contributed by atoms with Crippen molar-refractivity contribution in [2.75, 3.05) is 0 Å². The van der Waals surface area contributed by atoms with Crippen LogP contribution < -0.4 is 0 Å². The Kier molecular flexibility index (Phi) is 5.34. The van der Waals surface area contributed by atoms with E-state index in [-0.39, 0.29) is 10.8 Å². The molecule has 4 heteroatoms. The molecule has 2 aromatic carbocycles. The summed E-state index contributed by atoms with van der Waals surface area (Å²) in [6.45, 7) is 12.3. The van der Waals surface area contributed by atoms with Crippen LogP contribution in [-0.2, 0) is 10.8 Å². The monoisotopic (exact) mass is 368 g/mol. The molecule has 25 heavy (non-hydrogen) atoms. The molecule has 0 aromatic heterocycles. The molecule has 0 aliphatic rings. The van der Waals surface area contributed by atoms with Crippen molar-refractivity contribution in [1.29, 1.82) is 0 Å². The van der Waals surface area contributed by atoms with E-state index >= 15 is 0 Å². The SMILES string of the molecule is CC(C)(C)c1ccc([SH](c2ccc(C(C)(C)C)cc2)C(F)(F)F)cc1. The third-order valence-corrected chi connectivity index (χ3v) is 6.37. The Balaban J connectivity index is 2.44. The maximum absolute atomic E-state index is 13.8. The molecule has 0 unspecified atom stereocenters. The van der Waals surface area contributed by atoms with E-state index in [1.807, 2.05) is 24.3 Å². The molecule has 0 N–H and O–H groups in total. The van der Waals surface area contributed by atoms with Crippen LogP contribution in [0.1, 0.15) is 52.7 Å². The average molecular weight is 369 g/mol. The maximum atomic E-state index is 13.8. The lowest BCUT2D eigenvalue weighted by Gasteiger charge is -2.27. The summed E-state index contributed by atoms with van der Waals surface area (Å²) in [6, 6.07) is 13.8. The summed E-state index contributed by atoms with van der Waals surface area (Å²) in [5.41, 5.74) is -2.34. The summed E-state index contributed by atoms with van der Waals surface area (Å²) in [5, 5.41) is 0. The van der Waals surface area contributed by atoms with Gasteiger partial charge in [0.2, 0.25) is 0 Å². The number of thiol groups is 1. The molecule has 0 aliphatic carbocycles. The fourth-order valence-corrected chi connectivity index (χ4v) is 4.44. The zero-order valence-electron chi connectivity index (χ0n) is 15.7. The summed E-state index contributed by atoms with van der Waals surface area (Å²) in [4.78, 5) is 0.693. The van der Waals surface area contributed by atoms with Crippen LogP contribution in [-0.4, -0.2) is 5.51 Å². The summed E-state index contributed by atoms with van der Waals surface area (Å²) in [7, 11) is -2.39. The van der Waals surface area contributed by atoms with Crippen molar-refractivity contribution in [3.8, 4) is 0 Å². The van der Waals surface area contributed by atoms with Crippen LogP contribution in [0.3, 0.4) is 0 Å². The maximum Gasteiger partial charge on any atom is 0.431 e. The van der Waals surface area contributed by atoms with Gasteiger partial charge in [-0.15, -0.1) is 10.9 Å². The Hall–Kier alpha value is -1.42. The third kappa shape index (κ3) is 4.81. The van der Waals surface area contributed by atoms with Gasteiger partial charge < -0.3 is 0 Å². The largest absolute Gasteiger partial charge is 0.431 e. The van der Waals surface area contributed by atoms with Crippen LogP contribution in [0.5, 0.6) is 0 Å². The lowest BCUT2D eigenvalue weighted by molar-refractivity contribution is -0.0355. The zero-order valence-corrected chi connectivity index (χ0v) is 16.6. The van der Waals surface area contributed by atoms with Crippen LogP contribution >= 0.6 is 10.9 Å².